The zero-order chi connectivity index (χ0) is 21.1. The maximum atomic E-state index is 12.7. The van der Waals surface area contributed by atoms with E-state index in [9.17, 15) is 13.2 Å². The Hall–Kier alpha value is -2.62. The zero-order valence-corrected chi connectivity index (χ0v) is 16.9. The fourth-order valence-electron chi connectivity index (χ4n) is 4.04. The summed E-state index contributed by atoms with van der Waals surface area (Å²) in [4.78, 5) is 6.53. The van der Waals surface area contributed by atoms with Gasteiger partial charge in [0, 0.05) is 45.7 Å². The van der Waals surface area contributed by atoms with Crippen molar-refractivity contribution in [2.24, 2.45) is 4.99 Å². The first-order valence-corrected chi connectivity index (χ1v) is 10.2. The molecule has 1 atom stereocenters. The van der Waals surface area contributed by atoms with Gasteiger partial charge in [-0.05, 0) is 30.5 Å². The summed E-state index contributed by atoms with van der Waals surface area (Å²) in [6.07, 6.45) is -1.25. The molecule has 0 spiro atoms. The first-order chi connectivity index (χ1) is 14.4. The van der Waals surface area contributed by atoms with Crippen molar-refractivity contribution in [2.45, 2.75) is 51.1 Å². The smallest absolute Gasteiger partial charge is 0.352 e. The van der Waals surface area contributed by atoms with Gasteiger partial charge < -0.3 is 15.2 Å². The summed E-state index contributed by atoms with van der Waals surface area (Å²) in [7, 11) is 1.73. The molecule has 1 aromatic heterocycles. The van der Waals surface area contributed by atoms with Crippen LogP contribution in [-0.2, 0) is 32.2 Å². The van der Waals surface area contributed by atoms with E-state index in [4.69, 9.17) is 0 Å². The van der Waals surface area contributed by atoms with Gasteiger partial charge >= 0.3 is 6.18 Å². The molecule has 2 aliphatic heterocycles. The van der Waals surface area contributed by atoms with Gasteiger partial charge in [0.05, 0.1) is 12.1 Å². The fourth-order valence-corrected chi connectivity index (χ4v) is 4.04. The predicted molar refractivity (Wildman–Crippen MR) is 107 cm³/mol. The van der Waals surface area contributed by atoms with Crippen molar-refractivity contribution >= 4 is 5.96 Å². The van der Waals surface area contributed by atoms with Crippen molar-refractivity contribution in [1.82, 2.24) is 30.3 Å². The van der Waals surface area contributed by atoms with Crippen LogP contribution in [0.4, 0.5) is 13.2 Å². The summed E-state index contributed by atoms with van der Waals surface area (Å²) in [5.74, 6) is 2.68. The number of fused-ring (bicyclic) bond motifs is 1. The molecule has 10 heteroatoms. The van der Waals surface area contributed by atoms with E-state index in [1.165, 1.54) is 0 Å². The first kappa shape index (κ1) is 20.6. The van der Waals surface area contributed by atoms with Crippen molar-refractivity contribution in [3.8, 4) is 0 Å². The van der Waals surface area contributed by atoms with Gasteiger partial charge in [0.25, 0.3) is 0 Å². The monoisotopic (exact) mass is 421 g/mol. The van der Waals surface area contributed by atoms with Gasteiger partial charge in [-0.25, -0.2) is 0 Å². The summed E-state index contributed by atoms with van der Waals surface area (Å²) in [6, 6.07) is 5.64. The van der Waals surface area contributed by atoms with E-state index < -0.39 is 11.7 Å². The van der Waals surface area contributed by atoms with Crippen molar-refractivity contribution in [2.75, 3.05) is 20.1 Å². The number of hydrogen-bond donors (Lipinski definition) is 2. The van der Waals surface area contributed by atoms with E-state index in [-0.39, 0.29) is 6.04 Å². The molecule has 0 aliphatic carbocycles. The van der Waals surface area contributed by atoms with Crippen molar-refractivity contribution < 1.29 is 13.2 Å². The fraction of sp³-hybridized carbons (Fsp3) is 0.550. The van der Waals surface area contributed by atoms with E-state index in [1.807, 2.05) is 0 Å². The van der Waals surface area contributed by atoms with Crippen LogP contribution in [0.3, 0.4) is 0 Å². The normalized spacial score (nSPS) is 19.9. The number of aliphatic imine (C=N–C) groups is 1. The summed E-state index contributed by atoms with van der Waals surface area (Å²) in [6.45, 7) is 3.85. The molecular weight excluding hydrogens is 395 g/mol. The number of benzene rings is 1. The SMILES string of the molecule is CN=C(NCc1nnc2n1CCC2)NC1CCN(Cc2ccc(C(F)(F)F)cc2)C1. The van der Waals surface area contributed by atoms with Crippen LogP contribution in [0.25, 0.3) is 0 Å². The van der Waals surface area contributed by atoms with Gasteiger partial charge in [-0.2, -0.15) is 13.2 Å². The molecule has 0 saturated carbocycles. The maximum Gasteiger partial charge on any atom is 0.416 e. The Morgan fingerprint density at radius 3 is 2.73 bits per heavy atom. The van der Waals surface area contributed by atoms with Gasteiger partial charge in [0.15, 0.2) is 11.8 Å². The lowest BCUT2D eigenvalue weighted by molar-refractivity contribution is -0.137. The van der Waals surface area contributed by atoms with Crippen LogP contribution in [-0.4, -0.2) is 51.8 Å². The number of nitrogens with zero attached hydrogens (tertiary/aromatic N) is 5. The Morgan fingerprint density at radius 2 is 2.00 bits per heavy atom. The Balaban J connectivity index is 1.25. The van der Waals surface area contributed by atoms with Crippen LogP contribution < -0.4 is 10.6 Å². The van der Waals surface area contributed by atoms with Crippen molar-refractivity contribution in [1.29, 1.82) is 0 Å². The second-order valence-corrected chi connectivity index (χ2v) is 7.77. The molecule has 7 nitrogen and oxygen atoms in total. The molecule has 0 bridgehead atoms. The van der Waals surface area contributed by atoms with Crippen LogP contribution in [0.2, 0.25) is 0 Å². The predicted octanol–water partition coefficient (Wildman–Crippen LogP) is 2.18. The lowest BCUT2D eigenvalue weighted by Crippen LogP contribution is -2.44. The van der Waals surface area contributed by atoms with E-state index in [0.717, 1.165) is 68.2 Å². The van der Waals surface area contributed by atoms with E-state index >= 15 is 0 Å². The summed E-state index contributed by atoms with van der Waals surface area (Å²) in [5, 5.41) is 15.2. The van der Waals surface area contributed by atoms with E-state index in [0.29, 0.717) is 19.0 Å². The van der Waals surface area contributed by atoms with Crippen LogP contribution in [0.5, 0.6) is 0 Å². The molecule has 2 aliphatic rings. The molecule has 1 fully saturated rings. The number of alkyl halides is 3. The summed E-state index contributed by atoms with van der Waals surface area (Å²) in [5.41, 5.74) is 0.271. The molecule has 1 unspecified atom stereocenters. The number of nitrogens with one attached hydrogen (secondary N) is 2. The highest BCUT2D eigenvalue weighted by Gasteiger charge is 2.30. The minimum atomic E-state index is -4.30. The van der Waals surface area contributed by atoms with Gasteiger partial charge in [0.1, 0.15) is 5.82 Å². The molecule has 4 rings (SSSR count). The number of halogens is 3. The second kappa shape index (κ2) is 8.63. The molecule has 2 N–H and O–H groups in total. The maximum absolute atomic E-state index is 12.7. The molecule has 2 aromatic rings. The van der Waals surface area contributed by atoms with Crippen molar-refractivity contribution in [3.05, 3.63) is 47.0 Å². The minimum absolute atomic E-state index is 0.231. The van der Waals surface area contributed by atoms with Crippen LogP contribution >= 0.6 is 0 Å². The Labute approximate surface area is 173 Å². The minimum Gasteiger partial charge on any atom is -0.352 e. The standard InChI is InChI=1S/C20H26F3N7/c1-24-19(25-11-18-28-27-17-3-2-9-30(17)18)26-16-8-10-29(13-16)12-14-4-6-15(7-5-14)20(21,22)23/h4-7,16H,2-3,8-13H2,1H3,(H2,24,25,26). The first-order valence-electron chi connectivity index (χ1n) is 10.2. The second-order valence-electron chi connectivity index (χ2n) is 7.77. The largest absolute Gasteiger partial charge is 0.416 e. The molecule has 1 saturated heterocycles. The number of guanidine groups is 1. The number of rotatable bonds is 5. The number of likely N-dealkylation sites (tertiary alicyclic amines) is 1. The van der Waals surface area contributed by atoms with Crippen LogP contribution in [0.15, 0.2) is 29.3 Å². The topological polar surface area (TPSA) is 70.4 Å². The summed E-state index contributed by atoms with van der Waals surface area (Å²) < 4.78 is 40.3. The highest BCUT2D eigenvalue weighted by Crippen LogP contribution is 2.29. The van der Waals surface area contributed by atoms with Crippen LogP contribution in [0, 0.1) is 0 Å². The third-order valence-corrected chi connectivity index (χ3v) is 5.62. The van der Waals surface area contributed by atoms with E-state index in [1.54, 1.807) is 19.2 Å². The number of hydrogen-bond acceptors (Lipinski definition) is 4. The van der Waals surface area contributed by atoms with Gasteiger partial charge in [0.2, 0.25) is 0 Å². The van der Waals surface area contributed by atoms with Gasteiger partial charge in [-0.15, -0.1) is 10.2 Å². The van der Waals surface area contributed by atoms with E-state index in [2.05, 4.69) is 35.3 Å². The Bertz CT molecular complexity index is 889. The molecule has 1 aromatic carbocycles. The van der Waals surface area contributed by atoms with Gasteiger partial charge in [-0.1, -0.05) is 12.1 Å². The average molecular weight is 421 g/mol. The molecule has 3 heterocycles. The molecule has 162 valence electrons. The number of aromatic nitrogens is 3. The molecule has 0 radical (unpaired) electrons. The van der Waals surface area contributed by atoms with Gasteiger partial charge in [-0.3, -0.25) is 9.89 Å². The lowest BCUT2D eigenvalue weighted by Gasteiger charge is -2.19. The highest BCUT2D eigenvalue weighted by atomic mass is 19.4. The summed E-state index contributed by atoms with van der Waals surface area (Å²) >= 11 is 0. The van der Waals surface area contributed by atoms with Crippen LogP contribution in [0.1, 0.15) is 35.6 Å². The molecule has 30 heavy (non-hydrogen) atoms. The lowest BCUT2D eigenvalue weighted by atomic mass is 10.1. The third kappa shape index (κ3) is 4.75. The zero-order valence-electron chi connectivity index (χ0n) is 16.9. The number of aryl methyl sites for hydroxylation is 1. The Morgan fingerprint density at radius 1 is 1.20 bits per heavy atom. The Kier molecular flexibility index (Phi) is 5.94. The third-order valence-electron chi connectivity index (χ3n) is 5.62. The highest BCUT2D eigenvalue weighted by molar-refractivity contribution is 5.79. The molecule has 0 amide bonds. The quantitative estimate of drug-likeness (QED) is 0.572. The average Bonchev–Trinajstić information content (AvgIpc) is 3.43. The molecular formula is C20H26F3N7. The van der Waals surface area contributed by atoms with Crippen molar-refractivity contribution in [3.63, 3.8) is 0 Å².